The van der Waals surface area contributed by atoms with Gasteiger partial charge in [0.15, 0.2) is 0 Å². The van der Waals surface area contributed by atoms with Gasteiger partial charge in [0.2, 0.25) is 0 Å². The number of carbonyl (C=O) groups is 2. The van der Waals surface area contributed by atoms with Gasteiger partial charge in [-0.3, -0.25) is 9.10 Å². The van der Waals surface area contributed by atoms with Gasteiger partial charge in [-0.2, -0.15) is 0 Å². The number of fused-ring (bicyclic) bond motifs is 1. The van der Waals surface area contributed by atoms with Crippen LogP contribution in [0.15, 0.2) is 89.8 Å². The van der Waals surface area contributed by atoms with Gasteiger partial charge in [-0.05, 0) is 61.6 Å². The summed E-state index contributed by atoms with van der Waals surface area (Å²) < 4.78 is 34.4. The molecule has 7 nitrogen and oxygen atoms in total. The molecule has 0 radical (unpaired) electrons. The van der Waals surface area contributed by atoms with Gasteiger partial charge < -0.3 is 10.1 Å². The first kappa shape index (κ1) is 26.6. The second-order valence-corrected chi connectivity index (χ2v) is 12.0. The molecule has 1 aliphatic rings. The fourth-order valence-electron chi connectivity index (χ4n) is 4.73. The van der Waals surface area contributed by atoms with Gasteiger partial charge in [-0.25, -0.2) is 13.2 Å². The fourth-order valence-corrected chi connectivity index (χ4v) is 7.50. The van der Waals surface area contributed by atoms with Crippen LogP contribution in [0, 0.1) is 0 Å². The molecule has 3 aromatic carbocycles. The minimum absolute atomic E-state index is 0.0315. The lowest BCUT2D eigenvalue weighted by molar-refractivity contribution is 0.0527. The summed E-state index contributed by atoms with van der Waals surface area (Å²) in [5.41, 5.74) is 2.52. The third-order valence-corrected chi connectivity index (χ3v) is 9.53. The average molecular weight is 561 g/mol. The molecule has 1 N–H and O–H groups in total. The zero-order valence-electron chi connectivity index (χ0n) is 21.4. The Labute approximate surface area is 232 Å². The number of esters is 1. The molecule has 0 saturated heterocycles. The molecule has 0 aliphatic heterocycles. The predicted octanol–water partition coefficient (Wildman–Crippen LogP) is 6.06. The smallest absolute Gasteiger partial charge is 0.341 e. The molecule has 1 aromatic heterocycles. The number of sulfonamides is 1. The van der Waals surface area contributed by atoms with Crippen LogP contribution < -0.4 is 9.62 Å². The maximum Gasteiger partial charge on any atom is 0.341 e. The highest BCUT2D eigenvalue weighted by Crippen LogP contribution is 2.40. The van der Waals surface area contributed by atoms with Crippen LogP contribution in [-0.2, 0) is 34.1 Å². The van der Waals surface area contributed by atoms with E-state index in [0.717, 1.165) is 35.3 Å². The molecule has 0 spiro atoms. The normalized spacial score (nSPS) is 12.5. The molecule has 0 bridgehead atoms. The van der Waals surface area contributed by atoms with Crippen molar-refractivity contribution in [1.29, 1.82) is 0 Å². The summed E-state index contributed by atoms with van der Waals surface area (Å²) in [6, 6.07) is 24.0. The number of nitrogens with one attached hydrogen (secondary N) is 1. The third-order valence-electron chi connectivity index (χ3n) is 6.55. The highest BCUT2D eigenvalue weighted by Gasteiger charge is 2.31. The third kappa shape index (κ3) is 5.46. The van der Waals surface area contributed by atoms with Crippen LogP contribution in [0.5, 0.6) is 0 Å². The zero-order chi connectivity index (χ0) is 27.4. The minimum atomic E-state index is -4.03. The van der Waals surface area contributed by atoms with Crippen LogP contribution in [0.25, 0.3) is 0 Å². The molecule has 0 atom stereocenters. The van der Waals surface area contributed by atoms with Crippen molar-refractivity contribution >= 4 is 43.9 Å². The van der Waals surface area contributed by atoms with Crippen molar-refractivity contribution in [3.05, 3.63) is 112 Å². The van der Waals surface area contributed by atoms with Crippen LogP contribution in [-0.4, -0.2) is 26.9 Å². The molecule has 39 heavy (non-hydrogen) atoms. The van der Waals surface area contributed by atoms with Crippen molar-refractivity contribution in [2.75, 3.05) is 16.2 Å². The fraction of sp³-hybridized carbons (Fsp3) is 0.200. The average Bonchev–Trinajstić information content (AvgIpc) is 3.54. The van der Waals surface area contributed by atoms with Crippen molar-refractivity contribution in [1.82, 2.24) is 0 Å². The number of nitrogens with zero attached hydrogens (tertiary/aromatic N) is 1. The lowest BCUT2D eigenvalue weighted by atomic mass is 10.1. The summed E-state index contributed by atoms with van der Waals surface area (Å²) >= 11 is 1.38. The number of hydrogen-bond acceptors (Lipinski definition) is 6. The molecular formula is C30H28N2O5S2. The van der Waals surface area contributed by atoms with E-state index in [1.165, 1.54) is 27.8 Å². The lowest BCUT2D eigenvalue weighted by Crippen LogP contribution is -2.32. The number of amides is 1. The van der Waals surface area contributed by atoms with Gasteiger partial charge in [0.05, 0.1) is 34.9 Å². The highest BCUT2D eigenvalue weighted by atomic mass is 32.2. The summed E-state index contributed by atoms with van der Waals surface area (Å²) in [5.74, 6) is -0.963. The molecule has 200 valence electrons. The summed E-state index contributed by atoms with van der Waals surface area (Å²) in [4.78, 5) is 27.7. The van der Waals surface area contributed by atoms with Gasteiger partial charge in [0.25, 0.3) is 15.9 Å². The quantitative estimate of drug-likeness (QED) is 0.251. The van der Waals surface area contributed by atoms with E-state index < -0.39 is 21.9 Å². The minimum Gasteiger partial charge on any atom is -0.462 e. The van der Waals surface area contributed by atoms with Crippen molar-refractivity contribution in [3.8, 4) is 0 Å². The lowest BCUT2D eigenvalue weighted by Gasteiger charge is -2.26. The number of anilines is 2. The molecule has 9 heteroatoms. The van der Waals surface area contributed by atoms with Crippen LogP contribution in [0.2, 0.25) is 0 Å². The van der Waals surface area contributed by atoms with Crippen LogP contribution >= 0.6 is 11.3 Å². The van der Waals surface area contributed by atoms with Crippen molar-refractivity contribution in [2.24, 2.45) is 0 Å². The van der Waals surface area contributed by atoms with E-state index in [9.17, 15) is 18.0 Å². The predicted molar refractivity (Wildman–Crippen MR) is 153 cm³/mol. The number of ether oxygens (including phenoxy) is 1. The summed E-state index contributed by atoms with van der Waals surface area (Å²) in [5, 5.41) is 3.33. The summed E-state index contributed by atoms with van der Waals surface area (Å²) in [6.45, 7) is 2.00. The second-order valence-electron chi connectivity index (χ2n) is 9.06. The van der Waals surface area contributed by atoms with E-state index in [-0.39, 0.29) is 29.3 Å². The van der Waals surface area contributed by atoms with Gasteiger partial charge in [0, 0.05) is 4.88 Å². The highest BCUT2D eigenvalue weighted by molar-refractivity contribution is 7.92. The molecule has 0 fully saturated rings. The van der Waals surface area contributed by atoms with Gasteiger partial charge in [0.1, 0.15) is 5.00 Å². The van der Waals surface area contributed by atoms with Gasteiger partial charge in [-0.1, -0.05) is 60.7 Å². The number of aryl methyl sites for hydroxylation is 1. The van der Waals surface area contributed by atoms with E-state index in [0.29, 0.717) is 10.6 Å². The van der Waals surface area contributed by atoms with Crippen molar-refractivity contribution in [3.63, 3.8) is 0 Å². The number of hydrogen-bond donors (Lipinski definition) is 1. The largest absolute Gasteiger partial charge is 0.462 e. The van der Waals surface area contributed by atoms with E-state index in [1.807, 2.05) is 30.3 Å². The Morgan fingerprint density at radius 3 is 2.31 bits per heavy atom. The van der Waals surface area contributed by atoms with Crippen LogP contribution in [0.3, 0.4) is 0 Å². The number of benzene rings is 3. The van der Waals surface area contributed by atoms with E-state index >= 15 is 0 Å². The first-order valence-corrected chi connectivity index (χ1v) is 15.0. The second kappa shape index (κ2) is 11.4. The SMILES string of the molecule is CCOC(=O)c1c(NC(=O)c2ccccc2N(Cc2ccccc2)S(=O)(=O)c2ccccc2)sc2c1CCC2. The Morgan fingerprint density at radius 2 is 1.59 bits per heavy atom. The maximum absolute atomic E-state index is 13.9. The van der Waals surface area contributed by atoms with Crippen LogP contribution in [0.4, 0.5) is 10.7 Å². The Bertz CT molecular complexity index is 1600. The molecule has 1 amide bonds. The summed E-state index contributed by atoms with van der Waals surface area (Å²) in [6.07, 6.45) is 2.56. The van der Waals surface area contributed by atoms with E-state index in [1.54, 1.807) is 49.4 Å². The molecular weight excluding hydrogens is 532 g/mol. The van der Waals surface area contributed by atoms with E-state index in [4.69, 9.17) is 4.74 Å². The molecule has 1 aliphatic carbocycles. The van der Waals surface area contributed by atoms with Crippen LogP contribution in [0.1, 0.15) is 50.1 Å². The molecule has 4 aromatic rings. The Hall–Kier alpha value is -3.95. The Balaban J connectivity index is 1.55. The summed E-state index contributed by atoms with van der Waals surface area (Å²) in [7, 11) is -4.03. The molecule has 1 heterocycles. The zero-order valence-corrected chi connectivity index (χ0v) is 23.1. The first-order chi connectivity index (χ1) is 18.9. The van der Waals surface area contributed by atoms with Crippen molar-refractivity contribution in [2.45, 2.75) is 37.6 Å². The number of carbonyl (C=O) groups excluding carboxylic acids is 2. The number of rotatable bonds is 9. The first-order valence-electron chi connectivity index (χ1n) is 12.7. The standard InChI is InChI=1S/C30H28N2O5S2/c1-2-37-30(34)27-24-17-11-19-26(24)38-29(27)31-28(33)23-16-9-10-18-25(23)32(20-21-12-5-3-6-13-21)39(35,36)22-14-7-4-8-15-22/h3-10,12-16,18H,2,11,17,19-20H2,1H3,(H,31,33). The molecule has 0 saturated carbocycles. The van der Waals surface area contributed by atoms with Gasteiger partial charge >= 0.3 is 5.97 Å². The molecule has 0 unspecified atom stereocenters. The monoisotopic (exact) mass is 560 g/mol. The number of thiophene rings is 1. The maximum atomic E-state index is 13.9. The Morgan fingerprint density at radius 1 is 0.923 bits per heavy atom. The van der Waals surface area contributed by atoms with E-state index in [2.05, 4.69) is 5.32 Å². The van der Waals surface area contributed by atoms with Gasteiger partial charge in [-0.15, -0.1) is 11.3 Å². The number of para-hydroxylation sites is 1. The van der Waals surface area contributed by atoms with Crippen molar-refractivity contribution < 1.29 is 22.7 Å². The molecule has 5 rings (SSSR count). The topological polar surface area (TPSA) is 92.8 Å². The Kier molecular flexibility index (Phi) is 7.81.